The van der Waals surface area contributed by atoms with Crippen molar-refractivity contribution in [2.75, 3.05) is 11.1 Å². The molecule has 7 heteroatoms. The van der Waals surface area contributed by atoms with Crippen LogP contribution < -0.4 is 10.9 Å². The summed E-state index contributed by atoms with van der Waals surface area (Å²) >= 11 is 1.24. The summed E-state index contributed by atoms with van der Waals surface area (Å²) in [6, 6.07) is 26.3. The molecule has 0 radical (unpaired) electrons. The summed E-state index contributed by atoms with van der Waals surface area (Å²) in [6.07, 6.45) is 1.25. The summed E-state index contributed by atoms with van der Waals surface area (Å²) in [4.78, 5) is 33.9. The fraction of sp³-hybridized carbons (Fsp3) is 0.148. The van der Waals surface area contributed by atoms with Gasteiger partial charge < -0.3 is 10.3 Å². The van der Waals surface area contributed by atoms with Crippen molar-refractivity contribution in [2.45, 2.75) is 25.4 Å². The SMILES string of the molecule is CCC.O=C(CSc1nc2c([nH]c3ccccc32)c(=O)n1-c1ccccc1)Nc1ccccc1. The van der Waals surface area contributed by atoms with Crippen LogP contribution in [0.2, 0.25) is 0 Å². The normalized spacial score (nSPS) is 10.6. The molecule has 6 nitrogen and oxygen atoms in total. The first-order chi connectivity index (χ1) is 16.6. The van der Waals surface area contributed by atoms with Crippen LogP contribution in [0.4, 0.5) is 5.69 Å². The summed E-state index contributed by atoms with van der Waals surface area (Å²) in [7, 11) is 0. The molecule has 2 N–H and O–H groups in total. The largest absolute Gasteiger partial charge is 0.349 e. The van der Waals surface area contributed by atoms with Crippen LogP contribution in [0.1, 0.15) is 20.3 Å². The van der Waals surface area contributed by atoms with Gasteiger partial charge >= 0.3 is 0 Å². The van der Waals surface area contributed by atoms with Gasteiger partial charge in [0.2, 0.25) is 5.91 Å². The van der Waals surface area contributed by atoms with E-state index in [4.69, 9.17) is 4.98 Å². The number of aromatic amines is 1. The molecule has 0 fully saturated rings. The maximum absolute atomic E-state index is 13.4. The first-order valence-electron chi connectivity index (χ1n) is 11.2. The van der Waals surface area contributed by atoms with Crippen molar-refractivity contribution in [3.63, 3.8) is 0 Å². The van der Waals surface area contributed by atoms with Crippen LogP contribution >= 0.6 is 11.8 Å². The van der Waals surface area contributed by atoms with Crippen molar-refractivity contribution in [3.05, 3.63) is 95.3 Å². The zero-order chi connectivity index (χ0) is 23.9. The molecule has 0 aliphatic carbocycles. The molecule has 0 bridgehead atoms. The maximum Gasteiger partial charge on any atom is 0.283 e. The minimum Gasteiger partial charge on any atom is -0.349 e. The quantitative estimate of drug-likeness (QED) is 0.243. The first-order valence-corrected chi connectivity index (χ1v) is 12.2. The zero-order valence-electron chi connectivity index (χ0n) is 19.1. The van der Waals surface area contributed by atoms with Gasteiger partial charge in [0.15, 0.2) is 5.16 Å². The van der Waals surface area contributed by atoms with Crippen LogP contribution in [0.5, 0.6) is 0 Å². The Labute approximate surface area is 202 Å². The number of aromatic nitrogens is 3. The highest BCUT2D eigenvalue weighted by molar-refractivity contribution is 7.99. The number of nitrogens with zero attached hydrogens (tertiary/aromatic N) is 2. The molecule has 0 atom stereocenters. The minimum absolute atomic E-state index is 0.127. The Kier molecular flexibility index (Phi) is 7.44. The van der Waals surface area contributed by atoms with E-state index in [9.17, 15) is 9.59 Å². The molecule has 0 aliphatic heterocycles. The lowest BCUT2D eigenvalue weighted by Gasteiger charge is -2.12. The molecular weight excluding hydrogens is 444 g/mol. The minimum atomic E-state index is -0.196. The Bertz CT molecular complexity index is 1460. The number of hydrogen-bond donors (Lipinski definition) is 2. The van der Waals surface area contributed by atoms with Gasteiger partial charge in [-0.15, -0.1) is 0 Å². The number of rotatable bonds is 5. The van der Waals surface area contributed by atoms with Crippen LogP contribution in [0, 0.1) is 0 Å². The number of benzene rings is 3. The second-order valence-electron chi connectivity index (χ2n) is 7.67. The molecule has 0 spiro atoms. The maximum atomic E-state index is 13.4. The average molecular weight is 471 g/mol. The number of anilines is 1. The zero-order valence-corrected chi connectivity index (χ0v) is 19.9. The Hall–Kier alpha value is -3.84. The summed E-state index contributed by atoms with van der Waals surface area (Å²) in [6.45, 7) is 4.25. The van der Waals surface area contributed by atoms with Crippen LogP contribution in [0.3, 0.4) is 0 Å². The molecule has 0 saturated heterocycles. The van der Waals surface area contributed by atoms with Gasteiger partial charge in [0, 0.05) is 16.6 Å². The highest BCUT2D eigenvalue weighted by Crippen LogP contribution is 2.26. The van der Waals surface area contributed by atoms with E-state index in [1.165, 1.54) is 18.2 Å². The van der Waals surface area contributed by atoms with Crippen molar-refractivity contribution < 1.29 is 4.79 Å². The molecule has 172 valence electrons. The van der Waals surface area contributed by atoms with Gasteiger partial charge in [-0.3, -0.25) is 14.2 Å². The van der Waals surface area contributed by atoms with E-state index in [2.05, 4.69) is 24.1 Å². The van der Waals surface area contributed by atoms with Gasteiger partial charge in [0.25, 0.3) is 5.56 Å². The predicted octanol–water partition coefficient (Wildman–Crippen LogP) is 6.01. The lowest BCUT2D eigenvalue weighted by atomic mass is 10.2. The van der Waals surface area contributed by atoms with Crippen molar-refractivity contribution >= 4 is 45.3 Å². The second kappa shape index (κ2) is 10.9. The van der Waals surface area contributed by atoms with Gasteiger partial charge in [-0.1, -0.05) is 86.6 Å². The second-order valence-corrected chi connectivity index (χ2v) is 8.62. The Balaban J connectivity index is 0.000000868. The smallest absolute Gasteiger partial charge is 0.283 e. The monoisotopic (exact) mass is 470 g/mol. The first kappa shape index (κ1) is 23.3. The predicted molar refractivity (Wildman–Crippen MR) is 141 cm³/mol. The summed E-state index contributed by atoms with van der Waals surface area (Å²) in [5.41, 5.74) is 3.14. The van der Waals surface area contributed by atoms with Crippen molar-refractivity contribution in [2.24, 2.45) is 0 Å². The number of hydrogen-bond acceptors (Lipinski definition) is 4. The van der Waals surface area contributed by atoms with E-state index in [1.807, 2.05) is 84.9 Å². The number of thioether (sulfide) groups is 1. The van der Waals surface area contributed by atoms with Gasteiger partial charge in [-0.05, 0) is 30.3 Å². The van der Waals surface area contributed by atoms with Gasteiger partial charge in [-0.25, -0.2) is 4.98 Å². The molecule has 2 aromatic heterocycles. The number of H-pyrrole nitrogens is 1. The molecule has 2 heterocycles. The molecule has 5 rings (SSSR count). The molecule has 0 unspecified atom stereocenters. The highest BCUT2D eigenvalue weighted by Gasteiger charge is 2.18. The summed E-state index contributed by atoms with van der Waals surface area (Å²) < 4.78 is 1.55. The van der Waals surface area contributed by atoms with E-state index in [1.54, 1.807) is 4.57 Å². The number of nitrogens with one attached hydrogen (secondary N) is 2. The standard InChI is InChI=1S/C24H18N4O2S.C3H8/c29-20(25-16-9-3-1-4-10-16)15-31-24-27-21-18-13-7-8-14-19(18)26-22(21)23(30)28(24)17-11-5-2-6-12-17;1-3-2/h1-14,26H,15H2,(H,25,29);3H2,1-2H3. The van der Waals surface area contributed by atoms with Crippen LogP contribution in [0.25, 0.3) is 27.6 Å². The third-order valence-electron chi connectivity index (χ3n) is 4.90. The topological polar surface area (TPSA) is 79.8 Å². The summed E-state index contributed by atoms with van der Waals surface area (Å²) in [5, 5.41) is 4.22. The number of carbonyl (C=O) groups is 1. The van der Waals surface area contributed by atoms with Gasteiger partial charge in [0.05, 0.1) is 11.4 Å². The molecule has 5 aromatic rings. The number of carbonyl (C=O) groups excluding carboxylic acids is 1. The van der Waals surface area contributed by atoms with Crippen LogP contribution in [-0.2, 0) is 4.79 Å². The molecule has 0 aliphatic rings. The van der Waals surface area contributed by atoms with E-state index in [0.717, 1.165) is 16.6 Å². The lowest BCUT2D eigenvalue weighted by Crippen LogP contribution is -2.23. The van der Waals surface area contributed by atoms with E-state index in [0.29, 0.717) is 21.9 Å². The third kappa shape index (κ3) is 5.05. The highest BCUT2D eigenvalue weighted by atomic mass is 32.2. The lowest BCUT2D eigenvalue weighted by molar-refractivity contribution is -0.113. The molecule has 34 heavy (non-hydrogen) atoms. The van der Waals surface area contributed by atoms with Crippen molar-refractivity contribution in [1.29, 1.82) is 0 Å². The van der Waals surface area contributed by atoms with Gasteiger partial charge in [-0.2, -0.15) is 0 Å². The van der Waals surface area contributed by atoms with Gasteiger partial charge in [0.1, 0.15) is 11.0 Å². The third-order valence-corrected chi connectivity index (χ3v) is 5.84. The number of amides is 1. The fourth-order valence-corrected chi connectivity index (χ4v) is 4.30. The van der Waals surface area contributed by atoms with Crippen LogP contribution in [-0.4, -0.2) is 26.2 Å². The number of fused-ring (bicyclic) bond motifs is 3. The Morgan fingerprint density at radius 2 is 1.56 bits per heavy atom. The van der Waals surface area contributed by atoms with E-state index >= 15 is 0 Å². The fourth-order valence-electron chi connectivity index (χ4n) is 3.49. The molecular formula is C27H26N4O2S. The molecule has 1 amide bonds. The number of para-hydroxylation sites is 3. The van der Waals surface area contributed by atoms with Crippen LogP contribution in [0.15, 0.2) is 94.9 Å². The van der Waals surface area contributed by atoms with Crippen molar-refractivity contribution in [3.8, 4) is 5.69 Å². The van der Waals surface area contributed by atoms with Crippen molar-refractivity contribution in [1.82, 2.24) is 14.5 Å². The molecule has 3 aromatic carbocycles. The summed E-state index contributed by atoms with van der Waals surface area (Å²) in [5.74, 6) is -0.0359. The Morgan fingerprint density at radius 3 is 2.26 bits per heavy atom. The van der Waals surface area contributed by atoms with E-state index < -0.39 is 0 Å². The molecule has 0 saturated carbocycles. The Morgan fingerprint density at radius 1 is 0.941 bits per heavy atom. The van der Waals surface area contributed by atoms with E-state index in [-0.39, 0.29) is 17.2 Å². The average Bonchev–Trinajstić information content (AvgIpc) is 3.24.